The van der Waals surface area contributed by atoms with E-state index in [1.807, 2.05) is 0 Å². The van der Waals surface area contributed by atoms with Crippen molar-refractivity contribution in [3.63, 3.8) is 0 Å². The van der Waals surface area contributed by atoms with Crippen LogP contribution < -0.4 is 5.73 Å². The highest BCUT2D eigenvalue weighted by Crippen LogP contribution is 2.34. The summed E-state index contributed by atoms with van der Waals surface area (Å²) in [7, 11) is 0. The van der Waals surface area contributed by atoms with Gasteiger partial charge in [0.05, 0.1) is 0 Å². The lowest BCUT2D eigenvalue weighted by Crippen LogP contribution is -2.04. The van der Waals surface area contributed by atoms with E-state index in [1.54, 1.807) is 6.92 Å². The van der Waals surface area contributed by atoms with Gasteiger partial charge in [-0.2, -0.15) is 0 Å². The highest BCUT2D eigenvalue weighted by molar-refractivity contribution is 5.49. The highest BCUT2D eigenvalue weighted by atomic mass is 16.3. The van der Waals surface area contributed by atoms with Gasteiger partial charge in [0.15, 0.2) is 11.5 Å². The van der Waals surface area contributed by atoms with Gasteiger partial charge in [0.1, 0.15) is 5.75 Å². The molecule has 4 nitrogen and oxygen atoms in total. The SMILES string of the molecule is CC(N)c1cc(O)c(O)cc1O. The molecule has 0 amide bonds. The Labute approximate surface area is 69.9 Å². The van der Waals surface area contributed by atoms with Crippen LogP contribution in [-0.4, -0.2) is 15.3 Å². The second kappa shape index (κ2) is 2.91. The fourth-order valence-corrected chi connectivity index (χ4v) is 0.947. The number of nitrogens with two attached hydrogens (primary N) is 1. The van der Waals surface area contributed by atoms with Gasteiger partial charge < -0.3 is 21.1 Å². The molecule has 0 aromatic heterocycles. The Hall–Kier alpha value is -1.42. The molecule has 0 aliphatic heterocycles. The van der Waals surface area contributed by atoms with E-state index in [1.165, 1.54) is 6.07 Å². The summed E-state index contributed by atoms with van der Waals surface area (Å²) in [6.07, 6.45) is 0. The molecule has 0 saturated carbocycles. The van der Waals surface area contributed by atoms with Crippen molar-refractivity contribution in [3.05, 3.63) is 17.7 Å². The van der Waals surface area contributed by atoms with E-state index >= 15 is 0 Å². The first-order chi connectivity index (χ1) is 5.52. The average Bonchev–Trinajstić information content (AvgIpc) is 1.96. The van der Waals surface area contributed by atoms with E-state index in [0.29, 0.717) is 5.56 Å². The Balaban J connectivity index is 3.23. The van der Waals surface area contributed by atoms with Crippen LogP contribution >= 0.6 is 0 Å². The molecule has 1 aromatic rings. The minimum absolute atomic E-state index is 0.111. The normalized spacial score (nSPS) is 12.8. The predicted molar refractivity (Wildman–Crippen MR) is 44.0 cm³/mol. The van der Waals surface area contributed by atoms with Gasteiger partial charge in [0.25, 0.3) is 0 Å². The van der Waals surface area contributed by atoms with Gasteiger partial charge in [-0.05, 0) is 13.0 Å². The lowest BCUT2D eigenvalue weighted by molar-refractivity contribution is 0.393. The van der Waals surface area contributed by atoms with E-state index in [9.17, 15) is 5.11 Å². The smallest absolute Gasteiger partial charge is 0.161 e. The van der Waals surface area contributed by atoms with Crippen molar-refractivity contribution < 1.29 is 15.3 Å². The minimum atomic E-state index is -0.378. The van der Waals surface area contributed by atoms with Crippen molar-refractivity contribution in [2.75, 3.05) is 0 Å². The van der Waals surface area contributed by atoms with Crippen LogP contribution in [0.25, 0.3) is 0 Å². The molecule has 0 spiro atoms. The second-order valence-corrected chi connectivity index (χ2v) is 2.69. The number of hydrogen-bond donors (Lipinski definition) is 4. The second-order valence-electron chi connectivity index (χ2n) is 2.69. The number of rotatable bonds is 1. The van der Waals surface area contributed by atoms with Crippen LogP contribution in [0.15, 0.2) is 12.1 Å². The van der Waals surface area contributed by atoms with Crippen molar-refractivity contribution in [1.82, 2.24) is 0 Å². The standard InChI is InChI=1S/C8H11NO3/c1-4(9)5-2-7(11)8(12)3-6(5)10/h2-4,10-12H,9H2,1H3. The molecule has 0 bridgehead atoms. The number of benzene rings is 1. The van der Waals surface area contributed by atoms with E-state index < -0.39 is 0 Å². The van der Waals surface area contributed by atoms with Crippen molar-refractivity contribution in [2.24, 2.45) is 5.73 Å². The maximum Gasteiger partial charge on any atom is 0.161 e. The summed E-state index contributed by atoms with van der Waals surface area (Å²) < 4.78 is 0. The molecule has 0 heterocycles. The lowest BCUT2D eigenvalue weighted by Gasteiger charge is -2.09. The molecule has 0 fully saturated rings. The van der Waals surface area contributed by atoms with Crippen LogP contribution in [0.4, 0.5) is 0 Å². The van der Waals surface area contributed by atoms with E-state index in [2.05, 4.69) is 0 Å². The van der Waals surface area contributed by atoms with Gasteiger partial charge >= 0.3 is 0 Å². The molecule has 12 heavy (non-hydrogen) atoms. The van der Waals surface area contributed by atoms with Crippen molar-refractivity contribution in [3.8, 4) is 17.2 Å². The topological polar surface area (TPSA) is 86.7 Å². The third kappa shape index (κ3) is 1.43. The average molecular weight is 169 g/mol. The molecule has 5 N–H and O–H groups in total. The monoisotopic (exact) mass is 169 g/mol. The van der Waals surface area contributed by atoms with Gasteiger partial charge in [-0.25, -0.2) is 0 Å². The predicted octanol–water partition coefficient (Wildman–Crippen LogP) is 0.823. The van der Waals surface area contributed by atoms with E-state index in [-0.39, 0.29) is 23.3 Å². The fourth-order valence-electron chi connectivity index (χ4n) is 0.947. The third-order valence-corrected chi connectivity index (χ3v) is 1.61. The molecule has 1 unspecified atom stereocenters. The molecular formula is C8H11NO3. The van der Waals surface area contributed by atoms with E-state index in [4.69, 9.17) is 15.9 Å². The van der Waals surface area contributed by atoms with Crippen LogP contribution in [0.2, 0.25) is 0 Å². The summed E-state index contributed by atoms with van der Waals surface area (Å²) in [5.41, 5.74) is 5.89. The summed E-state index contributed by atoms with van der Waals surface area (Å²) in [5, 5.41) is 27.2. The number of phenols is 3. The van der Waals surface area contributed by atoms with Crippen LogP contribution in [0.3, 0.4) is 0 Å². The van der Waals surface area contributed by atoms with Crippen LogP contribution in [0.1, 0.15) is 18.5 Å². The largest absolute Gasteiger partial charge is 0.507 e. The molecule has 0 aliphatic rings. The molecule has 66 valence electrons. The Bertz CT molecular complexity index is 297. The Morgan fingerprint density at radius 3 is 2.08 bits per heavy atom. The van der Waals surface area contributed by atoms with Gasteiger partial charge in [0.2, 0.25) is 0 Å². The summed E-state index contributed by atoms with van der Waals surface area (Å²) in [6.45, 7) is 1.67. The summed E-state index contributed by atoms with van der Waals surface area (Å²) >= 11 is 0. The van der Waals surface area contributed by atoms with Crippen LogP contribution in [-0.2, 0) is 0 Å². The van der Waals surface area contributed by atoms with Gasteiger partial charge in [-0.15, -0.1) is 0 Å². The first-order valence-corrected chi connectivity index (χ1v) is 3.52. The molecule has 4 heteroatoms. The molecule has 0 aliphatic carbocycles. The van der Waals surface area contributed by atoms with Crippen molar-refractivity contribution in [1.29, 1.82) is 0 Å². The molecule has 1 aromatic carbocycles. The number of aromatic hydroxyl groups is 3. The minimum Gasteiger partial charge on any atom is -0.507 e. The molecule has 1 atom stereocenters. The maximum absolute atomic E-state index is 9.24. The Morgan fingerprint density at radius 2 is 1.58 bits per heavy atom. The van der Waals surface area contributed by atoms with Crippen molar-refractivity contribution >= 4 is 0 Å². The summed E-state index contributed by atoms with van der Waals surface area (Å²) in [5.74, 6) is -0.739. The van der Waals surface area contributed by atoms with Crippen LogP contribution in [0.5, 0.6) is 17.2 Å². The first kappa shape index (κ1) is 8.67. The lowest BCUT2D eigenvalue weighted by atomic mass is 10.1. The third-order valence-electron chi connectivity index (χ3n) is 1.61. The molecular weight excluding hydrogens is 158 g/mol. The quantitative estimate of drug-likeness (QED) is 0.370. The Kier molecular flexibility index (Phi) is 2.10. The Morgan fingerprint density at radius 1 is 1.08 bits per heavy atom. The highest BCUT2D eigenvalue weighted by Gasteiger charge is 2.10. The maximum atomic E-state index is 9.24. The first-order valence-electron chi connectivity index (χ1n) is 3.52. The molecule has 1 rings (SSSR count). The zero-order chi connectivity index (χ0) is 9.30. The fraction of sp³-hybridized carbons (Fsp3) is 0.250. The summed E-state index contributed by atoms with van der Waals surface area (Å²) in [4.78, 5) is 0. The van der Waals surface area contributed by atoms with Crippen LogP contribution in [0, 0.1) is 0 Å². The van der Waals surface area contributed by atoms with E-state index in [0.717, 1.165) is 6.07 Å². The number of phenolic OH excluding ortho intramolecular Hbond substituents is 3. The molecule has 0 saturated heterocycles. The van der Waals surface area contributed by atoms with Gasteiger partial charge in [-0.1, -0.05) is 0 Å². The van der Waals surface area contributed by atoms with Gasteiger partial charge in [0, 0.05) is 17.7 Å². The zero-order valence-corrected chi connectivity index (χ0v) is 6.65. The molecule has 0 radical (unpaired) electrons. The zero-order valence-electron chi connectivity index (χ0n) is 6.65. The van der Waals surface area contributed by atoms with Gasteiger partial charge in [-0.3, -0.25) is 0 Å². The summed E-state index contributed by atoms with van der Waals surface area (Å²) in [6, 6.07) is 1.93. The van der Waals surface area contributed by atoms with Crippen molar-refractivity contribution in [2.45, 2.75) is 13.0 Å². The number of hydrogen-bond acceptors (Lipinski definition) is 4.